The van der Waals surface area contributed by atoms with Crippen LogP contribution < -0.4 is 10.6 Å². The predicted octanol–water partition coefficient (Wildman–Crippen LogP) is 5.62. The maximum atomic E-state index is 13.2. The molecule has 2 amide bonds. The average Bonchev–Trinajstić information content (AvgIpc) is 3.26. The number of anilines is 1. The molecule has 1 aromatic carbocycles. The molecule has 2 N–H and O–H groups in total. The number of nitrogens with one attached hydrogen (secondary N) is 2. The molecular weight excluding hydrogens is 445 g/mol. The van der Waals surface area contributed by atoms with E-state index in [0.717, 1.165) is 41.6 Å². The fraction of sp³-hybridized carbons (Fsp3) is 0.286. The van der Waals surface area contributed by atoms with E-state index in [1.165, 1.54) is 23.5 Å². The molecule has 0 aliphatic heterocycles. The van der Waals surface area contributed by atoms with Gasteiger partial charge in [0.25, 0.3) is 11.8 Å². The minimum absolute atomic E-state index is 0.0339. The zero-order chi connectivity index (χ0) is 21.7. The summed E-state index contributed by atoms with van der Waals surface area (Å²) in [6.07, 6.45) is 2.73. The van der Waals surface area contributed by atoms with Crippen molar-refractivity contribution in [2.45, 2.75) is 33.1 Å². The standard InChI is InChI=1S/C21H21ClFN3O2S2/c1-12-9-18(26-20(27)15-7-6-14(23)10-16(15)22)30-19(12)21(28)24-8-4-3-5-17-25-13(2)11-29-17/h6-7,9-11H,3-5,8H2,1-2H3,(H,24,28)(H,26,27). The number of rotatable bonds is 8. The van der Waals surface area contributed by atoms with Crippen LogP contribution in [0.2, 0.25) is 5.02 Å². The van der Waals surface area contributed by atoms with Crippen molar-refractivity contribution in [1.29, 1.82) is 0 Å². The molecule has 30 heavy (non-hydrogen) atoms. The summed E-state index contributed by atoms with van der Waals surface area (Å²) >= 11 is 8.79. The summed E-state index contributed by atoms with van der Waals surface area (Å²) in [6.45, 7) is 4.37. The molecule has 3 aromatic rings. The van der Waals surface area contributed by atoms with E-state index in [0.29, 0.717) is 16.4 Å². The van der Waals surface area contributed by atoms with Crippen molar-refractivity contribution in [1.82, 2.24) is 10.3 Å². The van der Waals surface area contributed by atoms with E-state index in [1.54, 1.807) is 17.4 Å². The Hall–Kier alpha value is -2.29. The topological polar surface area (TPSA) is 71.1 Å². The molecular formula is C21H21ClFN3O2S2. The van der Waals surface area contributed by atoms with Crippen molar-refractivity contribution in [3.63, 3.8) is 0 Å². The lowest BCUT2D eigenvalue weighted by Crippen LogP contribution is -2.24. The predicted molar refractivity (Wildman–Crippen MR) is 121 cm³/mol. The van der Waals surface area contributed by atoms with Gasteiger partial charge in [-0.3, -0.25) is 9.59 Å². The molecule has 0 unspecified atom stereocenters. The van der Waals surface area contributed by atoms with Crippen molar-refractivity contribution in [3.8, 4) is 0 Å². The Morgan fingerprint density at radius 2 is 1.97 bits per heavy atom. The van der Waals surface area contributed by atoms with E-state index in [9.17, 15) is 14.0 Å². The molecule has 5 nitrogen and oxygen atoms in total. The molecule has 0 radical (unpaired) electrons. The summed E-state index contributed by atoms with van der Waals surface area (Å²) in [7, 11) is 0. The van der Waals surface area contributed by atoms with Gasteiger partial charge < -0.3 is 10.6 Å². The first-order valence-electron chi connectivity index (χ1n) is 9.39. The van der Waals surface area contributed by atoms with Gasteiger partial charge in [-0.2, -0.15) is 0 Å². The lowest BCUT2D eigenvalue weighted by Gasteiger charge is -2.05. The van der Waals surface area contributed by atoms with Gasteiger partial charge in [0.05, 0.1) is 25.5 Å². The molecule has 0 saturated heterocycles. The van der Waals surface area contributed by atoms with Crippen LogP contribution in [-0.2, 0) is 6.42 Å². The number of hydrogen-bond acceptors (Lipinski definition) is 5. The Morgan fingerprint density at radius 3 is 2.67 bits per heavy atom. The lowest BCUT2D eigenvalue weighted by molar-refractivity contribution is 0.0955. The lowest BCUT2D eigenvalue weighted by atomic mass is 10.2. The normalized spacial score (nSPS) is 10.8. The Morgan fingerprint density at radius 1 is 1.17 bits per heavy atom. The van der Waals surface area contributed by atoms with Crippen molar-refractivity contribution in [2.75, 3.05) is 11.9 Å². The van der Waals surface area contributed by atoms with Crippen LogP contribution in [0.1, 0.15) is 49.1 Å². The fourth-order valence-corrected chi connectivity index (χ4v) is 4.88. The first kappa shape index (κ1) is 22.4. The second kappa shape index (κ2) is 10.1. The highest BCUT2D eigenvalue weighted by Crippen LogP contribution is 2.28. The van der Waals surface area contributed by atoms with E-state index in [2.05, 4.69) is 15.6 Å². The minimum Gasteiger partial charge on any atom is -0.351 e. The smallest absolute Gasteiger partial charge is 0.261 e. The molecule has 0 saturated carbocycles. The number of thiazole rings is 1. The number of benzene rings is 1. The van der Waals surface area contributed by atoms with Crippen LogP contribution in [-0.4, -0.2) is 23.3 Å². The van der Waals surface area contributed by atoms with Gasteiger partial charge in [-0.15, -0.1) is 22.7 Å². The fourth-order valence-electron chi connectivity index (χ4n) is 2.82. The number of thiophene rings is 1. The number of halogens is 2. The molecule has 0 spiro atoms. The van der Waals surface area contributed by atoms with Gasteiger partial charge in [0.1, 0.15) is 5.82 Å². The minimum atomic E-state index is -0.510. The molecule has 0 fully saturated rings. The summed E-state index contributed by atoms with van der Waals surface area (Å²) in [4.78, 5) is 29.8. The van der Waals surface area contributed by atoms with Crippen molar-refractivity contribution >= 4 is 51.1 Å². The number of aromatic nitrogens is 1. The van der Waals surface area contributed by atoms with E-state index >= 15 is 0 Å². The molecule has 2 aromatic heterocycles. The third-order valence-corrected chi connectivity index (χ3v) is 6.80. The van der Waals surface area contributed by atoms with Gasteiger partial charge in [-0.05, 0) is 62.9 Å². The number of hydrogen-bond donors (Lipinski definition) is 2. The highest BCUT2D eigenvalue weighted by atomic mass is 35.5. The first-order valence-corrected chi connectivity index (χ1v) is 11.5. The van der Waals surface area contributed by atoms with Gasteiger partial charge in [0.15, 0.2) is 0 Å². The molecule has 2 heterocycles. The summed E-state index contributed by atoms with van der Waals surface area (Å²) in [5.41, 5.74) is 1.99. The Labute approximate surface area is 187 Å². The maximum Gasteiger partial charge on any atom is 0.261 e. The SMILES string of the molecule is Cc1csc(CCCCNC(=O)c2sc(NC(=O)c3ccc(F)cc3Cl)cc2C)n1. The number of unbranched alkanes of at least 4 members (excludes halogenated alkanes) is 1. The van der Waals surface area contributed by atoms with Crippen LogP contribution in [0, 0.1) is 19.7 Å². The van der Waals surface area contributed by atoms with Crippen molar-refractivity contribution in [2.24, 2.45) is 0 Å². The van der Waals surface area contributed by atoms with Gasteiger partial charge in [-0.1, -0.05) is 11.6 Å². The molecule has 9 heteroatoms. The molecule has 3 rings (SSSR count). The van der Waals surface area contributed by atoms with Gasteiger partial charge in [0.2, 0.25) is 0 Å². The second-order valence-corrected chi connectivity index (χ2v) is 9.20. The monoisotopic (exact) mass is 465 g/mol. The highest BCUT2D eigenvalue weighted by Gasteiger charge is 2.17. The number of carbonyl (C=O) groups excluding carboxylic acids is 2. The van der Waals surface area contributed by atoms with Gasteiger partial charge >= 0.3 is 0 Å². The van der Waals surface area contributed by atoms with Crippen LogP contribution in [0.25, 0.3) is 0 Å². The van der Waals surface area contributed by atoms with Crippen molar-refractivity contribution < 1.29 is 14.0 Å². The Balaban J connectivity index is 1.50. The highest BCUT2D eigenvalue weighted by molar-refractivity contribution is 7.18. The zero-order valence-electron chi connectivity index (χ0n) is 16.6. The number of aryl methyl sites for hydroxylation is 3. The summed E-state index contributed by atoms with van der Waals surface area (Å²) in [6, 6.07) is 5.33. The van der Waals surface area contributed by atoms with E-state index in [-0.39, 0.29) is 16.5 Å². The Bertz CT molecular complexity index is 1060. The second-order valence-electron chi connectivity index (χ2n) is 6.80. The summed E-state index contributed by atoms with van der Waals surface area (Å²) in [5, 5.41) is 9.36. The number of nitrogens with zero attached hydrogens (tertiary/aromatic N) is 1. The molecule has 158 valence electrons. The number of carbonyl (C=O) groups is 2. The zero-order valence-corrected chi connectivity index (χ0v) is 18.9. The van der Waals surface area contributed by atoms with Crippen LogP contribution in [0.4, 0.5) is 9.39 Å². The van der Waals surface area contributed by atoms with E-state index < -0.39 is 11.7 Å². The van der Waals surface area contributed by atoms with Crippen LogP contribution in [0.3, 0.4) is 0 Å². The van der Waals surface area contributed by atoms with Crippen LogP contribution in [0.5, 0.6) is 0 Å². The molecule has 0 aliphatic rings. The average molecular weight is 466 g/mol. The third kappa shape index (κ3) is 5.87. The molecule has 0 bridgehead atoms. The largest absolute Gasteiger partial charge is 0.351 e. The van der Waals surface area contributed by atoms with Crippen molar-refractivity contribution in [3.05, 3.63) is 67.2 Å². The third-order valence-electron chi connectivity index (χ3n) is 4.31. The molecule has 0 aliphatic carbocycles. The van der Waals surface area contributed by atoms with E-state index in [4.69, 9.17) is 11.6 Å². The number of amides is 2. The maximum absolute atomic E-state index is 13.2. The summed E-state index contributed by atoms with van der Waals surface area (Å²) < 4.78 is 13.2. The quantitative estimate of drug-likeness (QED) is 0.424. The van der Waals surface area contributed by atoms with Crippen LogP contribution in [0.15, 0.2) is 29.6 Å². The Kier molecular flexibility index (Phi) is 7.58. The molecule has 0 atom stereocenters. The van der Waals surface area contributed by atoms with Crippen LogP contribution >= 0.6 is 34.3 Å². The van der Waals surface area contributed by atoms with Gasteiger partial charge in [0, 0.05) is 17.6 Å². The van der Waals surface area contributed by atoms with E-state index in [1.807, 2.05) is 19.2 Å². The first-order chi connectivity index (χ1) is 14.3. The van der Waals surface area contributed by atoms with Gasteiger partial charge in [-0.25, -0.2) is 9.37 Å². The summed E-state index contributed by atoms with van der Waals surface area (Å²) in [5.74, 6) is -1.13.